The van der Waals surface area contributed by atoms with Gasteiger partial charge in [-0.1, -0.05) is 12.1 Å². The lowest BCUT2D eigenvalue weighted by molar-refractivity contribution is -0.121. The number of hydrogen-bond acceptors (Lipinski definition) is 4. The molecular formula is C14H19N3O3. The summed E-state index contributed by atoms with van der Waals surface area (Å²) in [6.07, 6.45) is 1.66. The van der Waals surface area contributed by atoms with E-state index in [9.17, 15) is 15.0 Å². The third-order valence-corrected chi connectivity index (χ3v) is 3.17. The van der Waals surface area contributed by atoms with Crippen molar-refractivity contribution >= 4 is 16.7 Å². The maximum atomic E-state index is 11.8. The fraction of sp³-hybridized carbons (Fsp3) is 0.357. The quantitative estimate of drug-likeness (QED) is 0.589. The number of hydrogen-bond donors (Lipinski definition) is 4. The number of unbranched alkanes of at least 4 members (excludes halogenated alkanes) is 1. The molecule has 6 nitrogen and oxygen atoms in total. The van der Waals surface area contributed by atoms with Crippen molar-refractivity contribution in [2.45, 2.75) is 19.4 Å². The molecule has 1 heterocycles. The van der Waals surface area contributed by atoms with Crippen LogP contribution in [0.25, 0.3) is 10.8 Å². The van der Waals surface area contributed by atoms with Gasteiger partial charge in [-0.15, -0.1) is 0 Å². The second kappa shape index (κ2) is 6.29. The number of amides is 1. The Morgan fingerprint density at radius 1 is 1.15 bits per heavy atom. The van der Waals surface area contributed by atoms with E-state index in [4.69, 9.17) is 5.73 Å². The zero-order chi connectivity index (χ0) is 14.5. The molecule has 0 atom stereocenters. The highest BCUT2D eigenvalue weighted by molar-refractivity contribution is 5.93. The molecule has 1 aromatic heterocycles. The zero-order valence-corrected chi connectivity index (χ0v) is 11.2. The van der Waals surface area contributed by atoms with Gasteiger partial charge in [0, 0.05) is 17.3 Å². The Morgan fingerprint density at radius 3 is 2.30 bits per heavy atom. The van der Waals surface area contributed by atoms with Crippen molar-refractivity contribution in [2.24, 2.45) is 5.73 Å². The molecule has 0 saturated heterocycles. The van der Waals surface area contributed by atoms with Crippen LogP contribution in [0.1, 0.15) is 12.8 Å². The van der Waals surface area contributed by atoms with E-state index in [0.29, 0.717) is 23.9 Å². The van der Waals surface area contributed by atoms with Gasteiger partial charge in [0.1, 0.15) is 6.54 Å². The Hall–Kier alpha value is -2.21. The smallest absolute Gasteiger partial charge is 0.240 e. The summed E-state index contributed by atoms with van der Waals surface area (Å²) in [5, 5.41) is 23.9. The van der Waals surface area contributed by atoms with Gasteiger partial charge in [0.25, 0.3) is 0 Å². The molecule has 0 aliphatic heterocycles. The molecule has 20 heavy (non-hydrogen) atoms. The first-order chi connectivity index (χ1) is 9.65. The molecular weight excluding hydrogens is 258 g/mol. The van der Waals surface area contributed by atoms with Crippen molar-refractivity contribution in [3.05, 3.63) is 24.3 Å². The van der Waals surface area contributed by atoms with Crippen molar-refractivity contribution in [1.82, 2.24) is 9.88 Å². The highest BCUT2D eigenvalue weighted by Crippen LogP contribution is 2.35. The average Bonchev–Trinajstić information content (AvgIpc) is 2.69. The Morgan fingerprint density at radius 2 is 1.75 bits per heavy atom. The Balaban J connectivity index is 2.08. The Kier molecular flexibility index (Phi) is 4.47. The minimum Gasteiger partial charge on any atom is -0.494 e. The number of aromatic hydroxyl groups is 2. The van der Waals surface area contributed by atoms with Crippen LogP contribution in [0.2, 0.25) is 0 Å². The standard InChI is InChI=1S/C14H19N3O3/c15-7-3-4-8-16-12(18)9-17-13(19)10-5-1-2-6-11(10)14(17)20/h1-2,5-6,19-20H,3-4,7-9,15H2,(H,16,18). The van der Waals surface area contributed by atoms with Crippen LogP contribution in [-0.2, 0) is 11.3 Å². The molecule has 2 aromatic rings. The van der Waals surface area contributed by atoms with Crippen LogP contribution in [0, 0.1) is 0 Å². The summed E-state index contributed by atoms with van der Waals surface area (Å²) in [7, 11) is 0. The van der Waals surface area contributed by atoms with E-state index >= 15 is 0 Å². The first kappa shape index (κ1) is 14.2. The van der Waals surface area contributed by atoms with Gasteiger partial charge in [0.05, 0.1) is 0 Å². The Bertz CT molecular complexity index is 568. The van der Waals surface area contributed by atoms with E-state index in [0.717, 1.165) is 12.8 Å². The largest absolute Gasteiger partial charge is 0.494 e. The summed E-state index contributed by atoms with van der Waals surface area (Å²) in [5.41, 5.74) is 5.37. The van der Waals surface area contributed by atoms with Crippen LogP contribution in [0.5, 0.6) is 11.8 Å². The van der Waals surface area contributed by atoms with Crippen LogP contribution in [0.3, 0.4) is 0 Å². The summed E-state index contributed by atoms with van der Waals surface area (Å²) in [6, 6.07) is 6.91. The molecule has 5 N–H and O–H groups in total. The molecule has 1 amide bonds. The second-order valence-electron chi connectivity index (χ2n) is 4.62. The third-order valence-electron chi connectivity index (χ3n) is 3.17. The summed E-state index contributed by atoms with van der Waals surface area (Å²) in [5.74, 6) is -0.460. The van der Waals surface area contributed by atoms with Crippen LogP contribution >= 0.6 is 0 Å². The Labute approximate surface area is 116 Å². The maximum absolute atomic E-state index is 11.8. The molecule has 2 rings (SSSR count). The predicted octanol–water partition coefficient (Wildman–Crippen LogP) is 0.908. The summed E-state index contributed by atoms with van der Waals surface area (Å²) >= 11 is 0. The van der Waals surface area contributed by atoms with Gasteiger partial charge in [-0.05, 0) is 31.5 Å². The lowest BCUT2D eigenvalue weighted by Crippen LogP contribution is -2.28. The average molecular weight is 277 g/mol. The zero-order valence-electron chi connectivity index (χ0n) is 11.2. The van der Waals surface area contributed by atoms with E-state index in [1.807, 2.05) is 0 Å². The number of carbonyl (C=O) groups excluding carboxylic acids is 1. The first-order valence-corrected chi connectivity index (χ1v) is 6.61. The molecule has 0 aliphatic carbocycles. The van der Waals surface area contributed by atoms with Crippen LogP contribution in [0.4, 0.5) is 0 Å². The second-order valence-corrected chi connectivity index (χ2v) is 4.62. The van der Waals surface area contributed by atoms with Crippen LogP contribution in [0.15, 0.2) is 24.3 Å². The number of benzene rings is 1. The molecule has 0 spiro atoms. The molecule has 0 radical (unpaired) electrons. The van der Waals surface area contributed by atoms with Gasteiger partial charge >= 0.3 is 0 Å². The normalized spacial score (nSPS) is 10.8. The minimum absolute atomic E-state index is 0.102. The molecule has 1 aromatic carbocycles. The van der Waals surface area contributed by atoms with Gasteiger partial charge in [-0.2, -0.15) is 0 Å². The van der Waals surface area contributed by atoms with E-state index in [1.165, 1.54) is 4.57 Å². The van der Waals surface area contributed by atoms with Crippen molar-refractivity contribution < 1.29 is 15.0 Å². The van der Waals surface area contributed by atoms with E-state index < -0.39 is 0 Å². The van der Waals surface area contributed by atoms with E-state index in [1.54, 1.807) is 24.3 Å². The summed E-state index contributed by atoms with van der Waals surface area (Å²) in [6.45, 7) is 1.02. The number of carbonyl (C=O) groups is 1. The molecule has 6 heteroatoms. The van der Waals surface area contributed by atoms with Gasteiger partial charge in [-0.25, -0.2) is 0 Å². The van der Waals surface area contributed by atoms with Crippen LogP contribution in [-0.4, -0.2) is 33.8 Å². The molecule has 0 fully saturated rings. The van der Waals surface area contributed by atoms with Crippen molar-refractivity contribution in [1.29, 1.82) is 0 Å². The summed E-state index contributed by atoms with van der Waals surface area (Å²) < 4.78 is 1.20. The topological polar surface area (TPSA) is 101 Å². The van der Waals surface area contributed by atoms with Gasteiger partial charge in [0.15, 0.2) is 0 Å². The minimum atomic E-state index is -0.257. The number of nitrogens with one attached hydrogen (secondary N) is 1. The number of rotatable bonds is 6. The van der Waals surface area contributed by atoms with Crippen molar-refractivity contribution in [3.63, 3.8) is 0 Å². The summed E-state index contributed by atoms with van der Waals surface area (Å²) in [4.78, 5) is 11.8. The first-order valence-electron chi connectivity index (χ1n) is 6.61. The highest BCUT2D eigenvalue weighted by atomic mass is 16.3. The maximum Gasteiger partial charge on any atom is 0.240 e. The number of nitrogens with zero attached hydrogens (tertiary/aromatic N) is 1. The fourth-order valence-electron chi connectivity index (χ4n) is 2.11. The highest BCUT2D eigenvalue weighted by Gasteiger charge is 2.17. The molecule has 0 saturated carbocycles. The third kappa shape index (κ3) is 2.85. The molecule has 0 unspecified atom stereocenters. The molecule has 108 valence electrons. The van der Waals surface area contributed by atoms with Gasteiger partial charge < -0.3 is 21.3 Å². The monoisotopic (exact) mass is 277 g/mol. The van der Waals surface area contributed by atoms with E-state index in [2.05, 4.69) is 5.32 Å². The predicted molar refractivity (Wildman–Crippen MR) is 76.6 cm³/mol. The number of fused-ring (bicyclic) bond motifs is 1. The van der Waals surface area contributed by atoms with E-state index in [-0.39, 0.29) is 24.2 Å². The molecule has 0 bridgehead atoms. The van der Waals surface area contributed by atoms with Crippen molar-refractivity contribution in [3.8, 4) is 11.8 Å². The fourth-order valence-corrected chi connectivity index (χ4v) is 2.11. The number of aromatic nitrogens is 1. The lowest BCUT2D eigenvalue weighted by atomic mass is 10.2. The van der Waals surface area contributed by atoms with Crippen LogP contribution < -0.4 is 11.1 Å². The number of nitrogens with two attached hydrogens (primary N) is 1. The van der Waals surface area contributed by atoms with Crippen molar-refractivity contribution in [2.75, 3.05) is 13.1 Å². The van der Waals surface area contributed by atoms with Gasteiger partial charge in [-0.3, -0.25) is 9.36 Å². The SMILES string of the molecule is NCCCCNC(=O)Cn1c(O)c2ccccc2c1O. The molecule has 0 aliphatic rings. The lowest BCUT2D eigenvalue weighted by Gasteiger charge is -2.07. The van der Waals surface area contributed by atoms with Gasteiger partial charge in [0.2, 0.25) is 17.7 Å².